The van der Waals surface area contributed by atoms with E-state index in [0.29, 0.717) is 6.54 Å². The summed E-state index contributed by atoms with van der Waals surface area (Å²) < 4.78 is 0. The predicted octanol–water partition coefficient (Wildman–Crippen LogP) is 2.40. The zero-order valence-electron chi connectivity index (χ0n) is 13.6. The first-order valence-electron chi connectivity index (χ1n) is 8.78. The van der Waals surface area contributed by atoms with Gasteiger partial charge in [0.15, 0.2) is 0 Å². The van der Waals surface area contributed by atoms with Gasteiger partial charge >= 0.3 is 0 Å². The van der Waals surface area contributed by atoms with Crippen LogP contribution in [0.15, 0.2) is 23.3 Å². The van der Waals surface area contributed by atoms with Crippen LogP contribution >= 0.6 is 0 Å². The maximum atomic E-state index is 5.60. The Bertz CT molecular complexity index is 401. The lowest BCUT2D eigenvalue weighted by atomic mass is 9.96. The molecular formula is C18H31N3. The summed E-state index contributed by atoms with van der Waals surface area (Å²) in [4.78, 5) is 5.42. The Kier molecular flexibility index (Phi) is 5.15. The Hall–Kier alpha value is -0.640. The lowest BCUT2D eigenvalue weighted by Gasteiger charge is -2.40. The number of nitrogens with two attached hydrogens (primary N) is 1. The molecule has 3 heteroatoms. The fraction of sp³-hybridized carbons (Fsp3) is 0.778. The summed E-state index contributed by atoms with van der Waals surface area (Å²) in [5, 5.41) is 0. The Morgan fingerprint density at radius 2 is 1.90 bits per heavy atom. The zero-order chi connectivity index (χ0) is 14.7. The van der Waals surface area contributed by atoms with E-state index in [-0.39, 0.29) is 0 Å². The summed E-state index contributed by atoms with van der Waals surface area (Å²) in [6, 6.07) is 0.801. The molecule has 0 atom stereocenters. The van der Waals surface area contributed by atoms with Crippen LogP contribution in [0.2, 0.25) is 0 Å². The van der Waals surface area contributed by atoms with Gasteiger partial charge in [-0.05, 0) is 63.6 Å². The highest BCUT2D eigenvalue weighted by molar-refractivity contribution is 5.28. The summed E-state index contributed by atoms with van der Waals surface area (Å²) >= 11 is 0. The molecule has 118 valence electrons. The molecule has 0 aromatic rings. The molecule has 1 saturated heterocycles. The van der Waals surface area contributed by atoms with E-state index >= 15 is 0 Å². The molecule has 0 amide bonds. The molecule has 0 spiro atoms. The van der Waals surface area contributed by atoms with Crippen LogP contribution in [0.3, 0.4) is 0 Å². The van der Waals surface area contributed by atoms with Crippen LogP contribution in [0.1, 0.15) is 39.0 Å². The van der Waals surface area contributed by atoms with Crippen molar-refractivity contribution in [1.29, 1.82) is 0 Å². The molecular weight excluding hydrogens is 258 g/mol. The highest BCUT2D eigenvalue weighted by Crippen LogP contribution is 2.31. The quantitative estimate of drug-likeness (QED) is 0.843. The SMILES string of the molecule is CC1=C(/C=C\CN)CN(C2CCN(CC3CC3)CC2)CC1. The summed E-state index contributed by atoms with van der Waals surface area (Å²) in [7, 11) is 0. The van der Waals surface area contributed by atoms with Gasteiger partial charge in [0, 0.05) is 32.2 Å². The monoisotopic (exact) mass is 289 g/mol. The maximum Gasteiger partial charge on any atom is 0.0236 e. The third kappa shape index (κ3) is 4.18. The van der Waals surface area contributed by atoms with Crippen molar-refractivity contribution >= 4 is 0 Å². The van der Waals surface area contributed by atoms with E-state index < -0.39 is 0 Å². The van der Waals surface area contributed by atoms with E-state index in [0.717, 1.165) is 18.5 Å². The average Bonchev–Trinajstić information content (AvgIpc) is 3.31. The molecule has 2 N–H and O–H groups in total. The fourth-order valence-electron chi connectivity index (χ4n) is 3.75. The molecule has 1 saturated carbocycles. The minimum absolute atomic E-state index is 0.649. The largest absolute Gasteiger partial charge is 0.327 e. The fourth-order valence-corrected chi connectivity index (χ4v) is 3.75. The third-order valence-electron chi connectivity index (χ3n) is 5.44. The van der Waals surface area contributed by atoms with Gasteiger partial charge in [-0.3, -0.25) is 4.90 Å². The van der Waals surface area contributed by atoms with E-state index in [2.05, 4.69) is 28.9 Å². The van der Waals surface area contributed by atoms with Crippen molar-refractivity contribution in [2.75, 3.05) is 39.3 Å². The summed E-state index contributed by atoms with van der Waals surface area (Å²) in [6.45, 7) is 9.32. The van der Waals surface area contributed by atoms with Gasteiger partial charge in [-0.25, -0.2) is 0 Å². The number of likely N-dealkylation sites (tertiary alicyclic amines) is 1. The lowest BCUT2D eigenvalue weighted by Crippen LogP contribution is -2.47. The van der Waals surface area contributed by atoms with Crippen LogP contribution in [0.5, 0.6) is 0 Å². The molecule has 0 bridgehead atoms. The van der Waals surface area contributed by atoms with Crippen LogP contribution < -0.4 is 5.73 Å². The number of hydrogen-bond donors (Lipinski definition) is 1. The van der Waals surface area contributed by atoms with Crippen molar-refractivity contribution < 1.29 is 0 Å². The second kappa shape index (κ2) is 7.08. The van der Waals surface area contributed by atoms with E-state index in [1.54, 1.807) is 5.57 Å². The smallest absolute Gasteiger partial charge is 0.0236 e. The van der Waals surface area contributed by atoms with Crippen molar-refractivity contribution in [2.45, 2.75) is 45.1 Å². The molecule has 0 aromatic carbocycles. The van der Waals surface area contributed by atoms with E-state index in [1.165, 1.54) is 63.9 Å². The van der Waals surface area contributed by atoms with Crippen LogP contribution in [-0.2, 0) is 0 Å². The Morgan fingerprint density at radius 1 is 1.14 bits per heavy atom. The molecule has 21 heavy (non-hydrogen) atoms. The minimum atomic E-state index is 0.649. The molecule has 1 aliphatic carbocycles. The van der Waals surface area contributed by atoms with Gasteiger partial charge in [0.1, 0.15) is 0 Å². The molecule has 0 radical (unpaired) electrons. The van der Waals surface area contributed by atoms with E-state index in [1.807, 2.05) is 0 Å². The second-order valence-electron chi connectivity index (χ2n) is 7.14. The zero-order valence-corrected chi connectivity index (χ0v) is 13.6. The highest BCUT2D eigenvalue weighted by Gasteiger charge is 2.30. The highest BCUT2D eigenvalue weighted by atomic mass is 15.2. The van der Waals surface area contributed by atoms with Gasteiger partial charge < -0.3 is 10.6 Å². The first kappa shape index (κ1) is 15.3. The van der Waals surface area contributed by atoms with Crippen LogP contribution in [0.25, 0.3) is 0 Å². The van der Waals surface area contributed by atoms with Gasteiger partial charge in [-0.15, -0.1) is 0 Å². The van der Waals surface area contributed by atoms with Crippen molar-refractivity contribution in [3.05, 3.63) is 23.3 Å². The average molecular weight is 289 g/mol. The molecule has 2 aliphatic heterocycles. The molecule has 2 fully saturated rings. The van der Waals surface area contributed by atoms with Crippen molar-refractivity contribution in [2.24, 2.45) is 11.7 Å². The van der Waals surface area contributed by atoms with Gasteiger partial charge in [0.2, 0.25) is 0 Å². The molecule has 3 nitrogen and oxygen atoms in total. The molecule has 3 aliphatic rings. The van der Waals surface area contributed by atoms with Crippen LogP contribution in [0, 0.1) is 5.92 Å². The van der Waals surface area contributed by atoms with E-state index in [9.17, 15) is 0 Å². The molecule has 0 aromatic heterocycles. The summed E-state index contributed by atoms with van der Waals surface area (Å²) in [6.07, 6.45) is 11.3. The summed E-state index contributed by atoms with van der Waals surface area (Å²) in [5.41, 5.74) is 8.66. The molecule has 0 unspecified atom stereocenters. The Labute approximate surface area is 129 Å². The van der Waals surface area contributed by atoms with Crippen molar-refractivity contribution in [3.63, 3.8) is 0 Å². The Balaban J connectivity index is 1.50. The minimum Gasteiger partial charge on any atom is -0.327 e. The van der Waals surface area contributed by atoms with Gasteiger partial charge in [0.05, 0.1) is 0 Å². The van der Waals surface area contributed by atoms with Crippen molar-refractivity contribution in [3.8, 4) is 0 Å². The van der Waals surface area contributed by atoms with Crippen LogP contribution in [0.4, 0.5) is 0 Å². The van der Waals surface area contributed by atoms with Gasteiger partial charge in [-0.2, -0.15) is 0 Å². The van der Waals surface area contributed by atoms with Crippen molar-refractivity contribution in [1.82, 2.24) is 9.80 Å². The van der Waals surface area contributed by atoms with Crippen LogP contribution in [-0.4, -0.2) is 55.1 Å². The standard InChI is InChI=1S/C18H31N3/c1-15-6-12-21(14-17(15)3-2-9-19)18-7-10-20(11-8-18)13-16-4-5-16/h2-3,16,18H,4-14,19H2,1H3/b3-2-. The first-order chi connectivity index (χ1) is 10.3. The lowest BCUT2D eigenvalue weighted by molar-refractivity contribution is 0.110. The predicted molar refractivity (Wildman–Crippen MR) is 89.3 cm³/mol. The number of hydrogen-bond acceptors (Lipinski definition) is 3. The van der Waals surface area contributed by atoms with E-state index in [4.69, 9.17) is 5.73 Å². The van der Waals surface area contributed by atoms with Gasteiger partial charge in [0.25, 0.3) is 0 Å². The maximum absolute atomic E-state index is 5.60. The summed E-state index contributed by atoms with van der Waals surface area (Å²) in [5.74, 6) is 1.04. The van der Waals surface area contributed by atoms with Gasteiger partial charge in [-0.1, -0.05) is 17.7 Å². The Morgan fingerprint density at radius 3 is 2.57 bits per heavy atom. The topological polar surface area (TPSA) is 32.5 Å². The first-order valence-corrected chi connectivity index (χ1v) is 8.78. The third-order valence-corrected chi connectivity index (χ3v) is 5.44. The number of rotatable bonds is 5. The number of piperidine rings is 1. The molecule has 3 rings (SSSR count). The molecule has 2 heterocycles. The second-order valence-corrected chi connectivity index (χ2v) is 7.14. The normalized spacial score (nSPS) is 27.0. The number of nitrogens with zero attached hydrogens (tertiary/aromatic N) is 2.